The second kappa shape index (κ2) is 11.8. The number of carbonyl (C=O) groups excluding carboxylic acids is 2. The third-order valence-corrected chi connectivity index (χ3v) is 7.46. The van der Waals surface area contributed by atoms with E-state index in [0.717, 1.165) is 10.6 Å². The van der Waals surface area contributed by atoms with Crippen LogP contribution in [0.15, 0.2) is 36.4 Å². The first-order chi connectivity index (χ1) is 16.6. The molecule has 7 nitrogen and oxygen atoms in total. The molecule has 2 rings (SSSR count). The van der Waals surface area contributed by atoms with Crippen LogP contribution in [0.5, 0.6) is 0 Å². The van der Waals surface area contributed by atoms with E-state index in [9.17, 15) is 18.0 Å². The molecule has 0 aromatic heterocycles. The van der Waals surface area contributed by atoms with Crippen LogP contribution in [-0.4, -0.2) is 49.5 Å². The van der Waals surface area contributed by atoms with E-state index < -0.39 is 34.1 Å². The average Bonchev–Trinajstić information content (AvgIpc) is 2.72. The van der Waals surface area contributed by atoms with Crippen LogP contribution in [0, 0.1) is 13.8 Å². The number of nitrogens with zero attached hydrogens (tertiary/aromatic N) is 2. The van der Waals surface area contributed by atoms with Gasteiger partial charge in [-0.2, -0.15) is 0 Å². The molecule has 0 heterocycles. The molecule has 1 N–H and O–H groups in total. The van der Waals surface area contributed by atoms with E-state index in [1.165, 1.54) is 4.90 Å². The van der Waals surface area contributed by atoms with Crippen LogP contribution < -0.4 is 9.62 Å². The summed E-state index contributed by atoms with van der Waals surface area (Å²) in [5.74, 6) is -0.894. The van der Waals surface area contributed by atoms with Crippen LogP contribution in [0.2, 0.25) is 10.0 Å². The van der Waals surface area contributed by atoms with Gasteiger partial charge in [-0.15, -0.1) is 0 Å². The fourth-order valence-electron chi connectivity index (χ4n) is 4.00. The molecule has 10 heteroatoms. The van der Waals surface area contributed by atoms with E-state index in [1.54, 1.807) is 51.1 Å². The molecule has 2 amide bonds. The number of halogens is 2. The number of hydrogen-bond donors (Lipinski definition) is 1. The van der Waals surface area contributed by atoms with Crippen molar-refractivity contribution in [3.8, 4) is 0 Å². The van der Waals surface area contributed by atoms with E-state index >= 15 is 0 Å². The smallest absolute Gasteiger partial charge is 0.244 e. The maximum atomic E-state index is 13.8. The Balaban J connectivity index is 2.58. The summed E-state index contributed by atoms with van der Waals surface area (Å²) in [6.07, 6.45) is 1.36. The lowest BCUT2D eigenvalue weighted by atomic mass is 10.1. The number of benzene rings is 2. The largest absolute Gasteiger partial charge is 0.350 e. The molecule has 0 fully saturated rings. The summed E-state index contributed by atoms with van der Waals surface area (Å²) in [5.41, 5.74) is 1.82. The van der Waals surface area contributed by atoms with Gasteiger partial charge in [0.25, 0.3) is 0 Å². The first-order valence-electron chi connectivity index (χ1n) is 11.6. The summed E-state index contributed by atoms with van der Waals surface area (Å²) in [5, 5.41) is 3.62. The summed E-state index contributed by atoms with van der Waals surface area (Å²) in [4.78, 5) is 28.5. The number of nitrogens with one attached hydrogen (secondary N) is 1. The van der Waals surface area contributed by atoms with E-state index in [1.807, 2.05) is 26.8 Å². The minimum absolute atomic E-state index is 0.0578. The molecule has 0 saturated carbocycles. The Kier molecular flexibility index (Phi) is 9.84. The lowest BCUT2D eigenvalue weighted by Crippen LogP contribution is -2.55. The third kappa shape index (κ3) is 7.60. The van der Waals surface area contributed by atoms with Crippen molar-refractivity contribution < 1.29 is 18.0 Å². The molecule has 2 aromatic carbocycles. The highest BCUT2D eigenvalue weighted by Gasteiger charge is 2.34. The third-order valence-electron chi connectivity index (χ3n) is 5.64. The predicted molar refractivity (Wildman–Crippen MR) is 147 cm³/mol. The van der Waals surface area contributed by atoms with E-state index in [2.05, 4.69) is 5.32 Å². The minimum atomic E-state index is -3.83. The van der Waals surface area contributed by atoms with Gasteiger partial charge < -0.3 is 10.2 Å². The molecule has 2 aromatic rings. The molecule has 0 radical (unpaired) electrons. The number of sulfonamides is 1. The minimum Gasteiger partial charge on any atom is -0.350 e. The highest BCUT2D eigenvalue weighted by Crippen LogP contribution is 2.29. The van der Waals surface area contributed by atoms with Gasteiger partial charge in [0.2, 0.25) is 21.8 Å². The molecule has 198 valence electrons. The predicted octanol–water partition coefficient (Wildman–Crippen LogP) is 5.10. The van der Waals surface area contributed by atoms with Crippen LogP contribution in [0.3, 0.4) is 0 Å². The average molecular weight is 557 g/mol. The van der Waals surface area contributed by atoms with Crippen molar-refractivity contribution in [1.82, 2.24) is 10.2 Å². The number of anilines is 1. The molecule has 0 aliphatic heterocycles. The summed E-state index contributed by atoms with van der Waals surface area (Å²) in [7, 11) is -3.83. The lowest BCUT2D eigenvalue weighted by Gasteiger charge is -2.35. The molecule has 0 saturated heterocycles. The van der Waals surface area contributed by atoms with Crippen molar-refractivity contribution in [3.63, 3.8) is 0 Å². The van der Waals surface area contributed by atoms with Gasteiger partial charge in [0.15, 0.2) is 0 Å². The molecule has 0 spiro atoms. The molecule has 0 unspecified atom stereocenters. The summed E-state index contributed by atoms with van der Waals surface area (Å²) in [6, 6.07) is 9.53. The SMILES string of the molecule is CC[C@H](C(=O)NC(C)(C)C)N(Cc1c(Cl)cccc1Cl)C(=O)CN(c1c(C)cccc1C)S(C)(=O)=O. The van der Waals surface area contributed by atoms with Gasteiger partial charge >= 0.3 is 0 Å². The van der Waals surface area contributed by atoms with E-state index in [4.69, 9.17) is 23.2 Å². The number of carbonyl (C=O) groups is 2. The number of aryl methyl sites for hydroxylation is 2. The Labute approximate surface area is 224 Å². The topological polar surface area (TPSA) is 86.8 Å². The maximum Gasteiger partial charge on any atom is 0.244 e. The monoisotopic (exact) mass is 555 g/mol. The standard InChI is InChI=1S/C26H35Cl2N3O4S/c1-8-22(25(33)29-26(4,5)6)30(15-19-20(27)13-10-14-21(19)28)23(32)16-31(36(7,34)35)24-17(2)11-9-12-18(24)3/h9-14,22H,8,15-16H2,1-7H3,(H,29,33)/t22-/m1/s1. The molecule has 0 aliphatic carbocycles. The molecule has 0 bridgehead atoms. The van der Waals surface area contributed by atoms with E-state index in [-0.39, 0.29) is 12.5 Å². The molecular formula is C26H35Cl2N3O4S. The van der Waals surface area contributed by atoms with Gasteiger partial charge in [-0.25, -0.2) is 8.42 Å². The van der Waals surface area contributed by atoms with Gasteiger partial charge in [-0.05, 0) is 64.3 Å². The quantitative estimate of drug-likeness (QED) is 0.466. The van der Waals surface area contributed by atoms with Crippen molar-refractivity contribution in [1.29, 1.82) is 0 Å². The fourth-order valence-corrected chi connectivity index (χ4v) is 5.48. The zero-order valence-corrected chi connectivity index (χ0v) is 24.2. The van der Waals surface area contributed by atoms with Crippen molar-refractivity contribution in [2.24, 2.45) is 0 Å². The van der Waals surface area contributed by atoms with Crippen LogP contribution >= 0.6 is 23.2 Å². The number of hydrogen-bond acceptors (Lipinski definition) is 4. The van der Waals surface area contributed by atoms with Crippen molar-refractivity contribution >= 4 is 50.7 Å². The zero-order chi connectivity index (χ0) is 27.4. The van der Waals surface area contributed by atoms with Gasteiger partial charge in [-0.1, -0.05) is 54.4 Å². The first-order valence-corrected chi connectivity index (χ1v) is 14.3. The fraction of sp³-hybridized carbons (Fsp3) is 0.462. The van der Waals surface area contributed by atoms with Crippen molar-refractivity contribution in [2.75, 3.05) is 17.1 Å². The van der Waals surface area contributed by atoms with Gasteiger partial charge in [-0.3, -0.25) is 13.9 Å². The normalized spacial score (nSPS) is 12.7. The number of rotatable bonds is 9. The Morgan fingerprint density at radius 2 is 1.50 bits per heavy atom. The second-order valence-corrected chi connectivity index (χ2v) is 12.6. The molecule has 1 atom stereocenters. The highest BCUT2D eigenvalue weighted by atomic mass is 35.5. The van der Waals surface area contributed by atoms with Crippen LogP contribution in [0.25, 0.3) is 0 Å². The summed E-state index contributed by atoms with van der Waals surface area (Å²) in [6.45, 7) is 10.4. The van der Waals surface area contributed by atoms with Crippen molar-refractivity contribution in [3.05, 3.63) is 63.1 Å². The summed E-state index contributed by atoms with van der Waals surface area (Å²) >= 11 is 12.8. The first kappa shape index (κ1) is 29.9. The Bertz CT molecular complexity index is 1190. The van der Waals surface area contributed by atoms with Gasteiger partial charge in [0.1, 0.15) is 12.6 Å². The van der Waals surface area contributed by atoms with Crippen LogP contribution in [0.4, 0.5) is 5.69 Å². The Morgan fingerprint density at radius 3 is 1.94 bits per heavy atom. The highest BCUT2D eigenvalue weighted by molar-refractivity contribution is 7.92. The maximum absolute atomic E-state index is 13.8. The number of amides is 2. The Hall–Kier alpha value is -2.29. The molecular weight excluding hydrogens is 521 g/mol. The van der Waals surface area contributed by atoms with Gasteiger partial charge in [0.05, 0.1) is 11.9 Å². The van der Waals surface area contributed by atoms with Crippen LogP contribution in [-0.2, 0) is 26.2 Å². The zero-order valence-electron chi connectivity index (χ0n) is 21.9. The van der Waals surface area contributed by atoms with Gasteiger partial charge in [0, 0.05) is 27.7 Å². The second-order valence-electron chi connectivity index (χ2n) is 9.90. The van der Waals surface area contributed by atoms with Crippen LogP contribution in [0.1, 0.15) is 50.8 Å². The van der Waals surface area contributed by atoms with E-state index in [0.29, 0.717) is 38.8 Å². The Morgan fingerprint density at radius 1 is 1.00 bits per heavy atom. The van der Waals surface area contributed by atoms with Crippen molar-refractivity contribution in [2.45, 2.75) is 66.1 Å². The summed E-state index contributed by atoms with van der Waals surface area (Å²) < 4.78 is 26.8. The molecule has 0 aliphatic rings. The number of para-hydroxylation sites is 1. The lowest BCUT2D eigenvalue weighted by molar-refractivity contribution is -0.141. The molecule has 36 heavy (non-hydrogen) atoms.